The number of hydrogen-bond acceptors (Lipinski definition) is 1. The molecule has 0 spiro atoms. The highest BCUT2D eigenvalue weighted by Crippen LogP contribution is 2.23. The summed E-state index contributed by atoms with van der Waals surface area (Å²) in [6.07, 6.45) is 2.85. The molecule has 0 amide bonds. The zero-order chi connectivity index (χ0) is 14.5. The van der Waals surface area contributed by atoms with Gasteiger partial charge in [-0.05, 0) is 18.9 Å². The molecule has 0 unspecified atom stereocenters. The molecule has 0 aromatic heterocycles. The fraction of sp³-hybridized carbons (Fsp3) is 0.368. The molecule has 2 N–H and O–H groups in total. The van der Waals surface area contributed by atoms with Crippen molar-refractivity contribution in [1.82, 2.24) is 0 Å². The molecule has 3 atom stereocenters. The highest BCUT2D eigenvalue weighted by Gasteiger charge is 2.36. The summed E-state index contributed by atoms with van der Waals surface area (Å²) in [5, 5.41) is 2.47. The number of halogens is 1. The van der Waals surface area contributed by atoms with Gasteiger partial charge in [-0.3, -0.25) is 0 Å². The van der Waals surface area contributed by atoms with Crippen molar-refractivity contribution in [1.29, 1.82) is 0 Å². The highest BCUT2D eigenvalue weighted by atomic mass is 35.5. The Hall–Kier alpha value is -1.35. The lowest BCUT2D eigenvalue weighted by atomic mass is 9.87. The van der Waals surface area contributed by atoms with Gasteiger partial charge in [0.05, 0.1) is 6.61 Å². The third-order valence-electron chi connectivity index (χ3n) is 4.43. The monoisotopic (exact) mass is 317 g/mol. The standard InChI is InChI=1S/C19H23NO.ClH/c1-15(17-10-6-3-7-11-17)20-18-12-13-19(18)21-14-16-8-4-2-5-9-16;/h2-11,15,18-20H,12-14H2,1H3;1H/t15-,18-,19+;/m0./s1. The molecule has 0 saturated heterocycles. The van der Waals surface area contributed by atoms with Crippen molar-refractivity contribution in [2.45, 2.75) is 44.6 Å². The molecular weight excluding hydrogens is 294 g/mol. The largest absolute Gasteiger partial charge is 1.00 e. The van der Waals surface area contributed by atoms with Gasteiger partial charge in [-0.25, -0.2) is 0 Å². The molecule has 118 valence electrons. The van der Waals surface area contributed by atoms with Crippen LogP contribution < -0.4 is 17.7 Å². The molecule has 0 aliphatic heterocycles. The SMILES string of the molecule is C[C@H]([NH2+][C@H]1CC[C@H]1OCc1ccccc1)c1ccccc1.[Cl-]. The lowest BCUT2D eigenvalue weighted by Gasteiger charge is -2.35. The molecular formula is C19H24ClNO. The molecule has 22 heavy (non-hydrogen) atoms. The predicted octanol–water partition coefficient (Wildman–Crippen LogP) is 0.0628. The van der Waals surface area contributed by atoms with E-state index in [1.54, 1.807) is 0 Å². The van der Waals surface area contributed by atoms with Gasteiger partial charge in [-0.15, -0.1) is 0 Å². The number of nitrogens with two attached hydrogens (primary N) is 1. The average molecular weight is 318 g/mol. The van der Waals surface area contributed by atoms with Gasteiger partial charge in [-0.1, -0.05) is 60.7 Å². The first-order valence-electron chi connectivity index (χ1n) is 7.88. The third-order valence-corrected chi connectivity index (χ3v) is 4.43. The summed E-state index contributed by atoms with van der Waals surface area (Å²) in [4.78, 5) is 0. The normalized spacial score (nSPS) is 21.5. The Bertz CT molecular complexity index is 546. The number of benzene rings is 2. The molecule has 1 saturated carbocycles. The van der Waals surface area contributed by atoms with Gasteiger partial charge < -0.3 is 22.5 Å². The summed E-state index contributed by atoms with van der Waals surface area (Å²) < 4.78 is 6.08. The van der Waals surface area contributed by atoms with E-state index in [2.05, 4.69) is 66.8 Å². The molecule has 3 heteroatoms. The van der Waals surface area contributed by atoms with E-state index in [1.807, 2.05) is 6.07 Å². The van der Waals surface area contributed by atoms with Gasteiger partial charge in [0.25, 0.3) is 0 Å². The van der Waals surface area contributed by atoms with Gasteiger partial charge in [-0.2, -0.15) is 0 Å². The average Bonchev–Trinajstić information content (AvgIpc) is 2.53. The van der Waals surface area contributed by atoms with Crippen LogP contribution in [-0.2, 0) is 11.3 Å². The number of rotatable bonds is 6. The van der Waals surface area contributed by atoms with Crippen molar-refractivity contribution in [2.75, 3.05) is 0 Å². The van der Waals surface area contributed by atoms with Crippen LogP contribution in [0.25, 0.3) is 0 Å². The number of hydrogen-bond donors (Lipinski definition) is 1. The van der Waals surface area contributed by atoms with Crippen LogP contribution >= 0.6 is 0 Å². The minimum atomic E-state index is 0. The van der Waals surface area contributed by atoms with E-state index in [0.29, 0.717) is 18.2 Å². The van der Waals surface area contributed by atoms with Crippen molar-refractivity contribution < 1.29 is 22.5 Å². The molecule has 0 heterocycles. The van der Waals surface area contributed by atoms with Crippen LogP contribution in [0.5, 0.6) is 0 Å². The van der Waals surface area contributed by atoms with Crippen LogP contribution in [0.1, 0.15) is 36.9 Å². The predicted molar refractivity (Wildman–Crippen MR) is 84.8 cm³/mol. The van der Waals surface area contributed by atoms with Crippen LogP contribution in [0, 0.1) is 0 Å². The van der Waals surface area contributed by atoms with E-state index in [4.69, 9.17) is 4.74 Å². The van der Waals surface area contributed by atoms with E-state index < -0.39 is 0 Å². The molecule has 1 aliphatic carbocycles. The molecule has 0 bridgehead atoms. The van der Waals surface area contributed by atoms with E-state index in [0.717, 1.165) is 6.61 Å². The van der Waals surface area contributed by atoms with Crippen molar-refractivity contribution >= 4 is 0 Å². The van der Waals surface area contributed by atoms with Crippen LogP contribution in [0.4, 0.5) is 0 Å². The van der Waals surface area contributed by atoms with E-state index in [1.165, 1.54) is 24.0 Å². The second kappa shape index (κ2) is 8.33. The highest BCUT2D eigenvalue weighted by molar-refractivity contribution is 5.16. The summed E-state index contributed by atoms with van der Waals surface area (Å²) in [5.41, 5.74) is 2.66. The third kappa shape index (κ3) is 4.33. The Kier molecular flexibility index (Phi) is 6.44. The first-order chi connectivity index (χ1) is 10.3. The van der Waals surface area contributed by atoms with Crippen LogP contribution in [0.2, 0.25) is 0 Å². The smallest absolute Gasteiger partial charge is 0.113 e. The maximum atomic E-state index is 6.08. The minimum Gasteiger partial charge on any atom is -1.00 e. The second-order valence-electron chi connectivity index (χ2n) is 5.97. The first-order valence-corrected chi connectivity index (χ1v) is 7.88. The van der Waals surface area contributed by atoms with Crippen LogP contribution in [0.15, 0.2) is 60.7 Å². The molecule has 1 aliphatic rings. The molecule has 2 aromatic rings. The summed E-state index contributed by atoms with van der Waals surface area (Å²) in [5.74, 6) is 0. The zero-order valence-electron chi connectivity index (χ0n) is 13.0. The lowest BCUT2D eigenvalue weighted by molar-refractivity contribution is -0.741. The maximum Gasteiger partial charge on any atom is 0.113 e. The fourth-order valence-electron chi connectivity index (χ4n) is 2.94. The molecule has 0 radical (unpaired) electrons. The van der Waals surface area contributed by atoms with Gasteiger partial charge in [0.2, 0.25) is 0 Å². The lowest BCUT2D eigenvalue weighted by Crippen LogP contribution is -3.00. The van der Waals surface area contributed by atoms with E-state index >= 15 is 0 Å². The van der Waals surface area contributed by atoms with Gasteiger partial charge in [0.15, 0.2) is 0 Å². The Balaban J connectivity index is 0.00000176. The van der Waals surface area contributed by atoms with Gasteiger partial charge in [0.1, 0.15) is 18.2 Å². The number of ether oxygens (including phenoxy) is 1. The van der Waals surface area contributed by atoms with Crippen molar-refractivity contribution in [3.8, 4) is 0 Å². The summed E-state index contributed by atoms with van der Waals surface area (Å²) in [6.45, 7) is 3.01. The molecule has 2 aromatic carbocycles. The first kappa shape index (κ1) is 17.0. The molecule has 2 nitrogen and oxygen atoms in total. The second-order valence-corrected chi connectivity index (χ2v) is 5.97. The maximum absolute atomic E-state index is 6.08. The summed E-state index contributed by atoms with van der Waals surface area (Å²) >= 11 is 0. The summed E-state index contributed by atoms with van der Waals surface area (Å²) in [6, 6.07) is 22.3. The quantitative estimate of drug-likeness (QED) is 0.801. The van der Waals surface area contributed by atoms with Crippen molar-refractivity contribution in [2.24, 2.45) is 0 Å². The zero-order valence-corrected chi connectivity index (χ0v) is 13.7. The van der Waals surface area contributed by atoms with E-state index in [9.17, 15) is 0 Å². The Labute approximate surface area is 139 Å². The van der Waals surface area contributed by atoms with Crippen molar-refractivity contribution in [3.05, 3.63) is 71.8 Å². The van der Waals surface area contributed by atoms with Gasteiger partial charge in [0, 0.05) is 12.0 Å². The topological polar surface area (TPSA) is 25.8 Å². The molecule has 1 fully saturated rings. The van der Waals surface area contributed by atoms with Crippen LogP contribution in [0.3, 0.4) is 0 Å². The van der Waals surface area contributed by atoms with Crippen molar-refractivity contribution in [3.63, 3.8) is 0 Å². The summed E-state index contributed by atoms with van der Waals surface area (Å²) in [7, 11) is 0. The van der Waals surface area contributed by atoms with E-state index in [-0.39, 0.29) is 12.4 Å². The minimum absolute atomic E-state index is 0. The Morgan fingerprint density at radius 2 is 1.64 bits per heavy atom. The fourth-order valence-corrected chi connectivity index (χ4v) is 2.94. The Morgan fingerprint density at radius 3 is 2.23 bits per heavy atom. The molecule has 3 rings (SSSR count). The number of quaternary nitrogens is 1. The Morgan fingerprint density at radius 1 is 1.00 bits per heavy atom. The van der Waals surface area contributed by atoms with Gasteiger partial charge >= 0.3 is 0 Å². The van der Waals surface area contributed by atoms with Crippen LogP contribution in [-0.4, -0.2) is 12.1 Å².